The maximum absolute atomic E-state index is 12.1. The van der Waals surface area contributed by atoms with Gasteiger partial charge in [-0.25, -0.2) is 0 Å². The average Bonchev–Trinajstić information content (AvgIpc) is 2.25. The fourth-order valence-electron chi connectivity index (χ4n) is 2.92. The van der Waals surface area contributed by atoms with Gasteiger partial charge in [-0.2, -0.15) is 0 Å². The van der Waals surface area contributed by atoms with Gasteiger partial charge in [0.25, 0.3) is 5.91 Å². The molecule has 0 aliphatic carbocycles. The van der Waals surface area contributed by atoms with Crippen LogP contribution in [0.1, 0.15) is 50.9 Å². The van der Waals surface area contributed by atoms with E-state index in [1.54, 1.807) is 12.1 Å². The molecule has 1 fully saturated rings. The summed E-state index contributed by atoms with van der Waals surface area (Å²) in [7, 11) is 0. The number of carbonyl (C=O) groups is 1. The molecule has 2 rings (SSSR count). The van der Waals surface area contributed by atoms with Crippen LogP contribution in [-0.2, 0) is 4.74 Å². The Hall–Kier alpha value is -1.42. The van der Waals surface area contributed by atoms with Crippen molar-refractivity contribution in [3.05, 3.63) is 30.1 Å². The fourth-order valence-corrected chi connectivity index (χ4v) is 2.92. The van der Waals surface area contributed by atoms with E-state index in [0.29, 0.717) is 5.56 Å². The van der Waals surface area contributed by atoms with Crippen LogP contribution < -0.4 is 5.32 Å². The molecule has 2 heterocycles. The molecule has 1 aromatic rings. The Labute approximate surface area is 114 Å². The van der Waals surface area contributed by atoms with Crippen LogP contribution >= 0.6 is 0 Å². The summed E-state index contributed by atoms with van der Waals surface area (Å²) in [6, 6.07) is 3.49. The lowest BCUT2D eigenvalue weighted by atomic mass is 9.85. The van der Waals surface area contributed by atoms with Crippen molar-refractivity contribution in [2.75, 3.05) is 0 Å². The van der Waals surface area contributed by atoms with Crippen LogP contribution in [-0.4, -0.2) is 28.1 Å². The maximum atomic E-state index is 12.1. The van der Waals surface area contributed by atoms with Crippen LogP contribution in [0.3, 0.4) is 0 Å². The van der Waals surface area contributed by atoms with Crippen molar-refractivity contribution in [2.45, 2.75) is 57.8 Å². The molecule has 0 saturated carbocycles. The van der Waals surface area contributed by atoms with E-state index in [1.807, 2.05) is 0 Å². The lowest BCUT2D eigenvalue weighted by Gasteiger charge is -2.45. The minimum absolute atomic E-state index is 0.0833. The zero-order chi connectivity index (χ0) is 14.1. The molecule has 0 spiro atoms. The van der Waals surface area contributed by atoms with Crippen LogP contribution in [0, 0.1) is 6.20 Å². The Morgan fingerprint density at radius 3 is 2.53 bits per heavy atom. The number of carbonyl (C=O) groups excluding carboxylic acids is 1. The highest BCUT2D eigenvalue weighted by molar-refractivity contribution is 5.94. The standard InChI is InChI=1S/C15H21N2O2/c1-14(2)8-12(9-15(3,4)19-14)17-13(18)11-6-5-7-16-10-11/h5-6,10,12H,8-9H2,1-4H3,(H,17,18). The average molecular weight is 261 g/mol. The summed E-state index contributed by atoms with van der Waals surface area (Å²) in [6.07, 6.45) is 5.83. The van der Waals surface area contributed by atoms with E-state index in [-0.39, 0.29) is 23.2 Å². The molecule has 1 radical (unpaired) electrons. The molecular formula is C15H21N2O2. The quantitative estimate of drug-likeness (QED) is 0.889. The second-order valence-electron chi connectivity index (χ2n) is 6.38. The van der Waals surface area contributed by atoms with Crippen LogP contribution in [0.2, 0.25) is 0 Å². The van der Waals surface area contributed by atoms with E-state index >= 15 is 0 Å². The second-order valence-corrected chi connectivity index (χ2v) is 6.38. The Balaban J connectivity index is 2.05. The zero-order valence-electron chi connectivity index (χ0n) is 12.0. The number of nitrogens with zero attached hydrogens (tertiary/aromatic N) is 1. The monoisotopic (exact) mass is 261 g/mol. The third kappa shape index (κ3) is 3.77. The highest BCUT2D eigenvalue weighted by Crippen LogP contribution is 2.34. The predicted octanol–water partition coefficient (Wildman–Crippen LogP) is 2.35. The molecular weight excluding hydrogens is 240 g/mol. The first-order chi connectivity index (χ1) is 8.77. The van der Waals surface area contributed by atoms with Gasteiger partial charge >= 0.3 is 0 Å². The summed E-state index contributed by atoms with van der Waals surface area (Å²) >= 11 is 0. The Morgan fingerprint density at radius 2 is 2.00 bits per heavy atom. The molecule has 1 aliphatic heterocycles. The Kier molecular flexibility index (Phi) is 3.63. The second kappa shape index (κ2) is 4.93. The van der Waals surface area contributed by atoms with Gasteiger partial charge < -0.3 is 10.1 Å². The molecule has 103 valence electrons. The van der Waals surface area contributed by atoms with Gasteiger partial charge in [0, 0.05) is 12.2 Å². The highest BCUT2D eigenvalue weighted by atomic mass is 16.5. The molecule has 0 bridgehead atoms. The first kappa shape index (κ1) is 14.0. The van der Waals surface area contributed by atoms with Crippen LogP contribution in [0.5, 0.6) is 0 Å². The largest absolute Gasteiger partial charge is 0.370 e. The fraction of sp³-hybridized carbons (Fsp3) is 0.600. The number of rotatable bonds is 2. The van der Waals surface area contributed by atoms with E-state index in [2.05, 4.69) is 44.2 Å². The molecule has 0 unspecified atom stereocenters. The molecule has 1 aromatic heterocycles. The van der Waals surface area contributed by atoms with Crippen molar-refractivity contribution in [1.82, 2.24) is 10.3 Å². The van der Waals surface area contributed by atoms with Crippen molar-refractivity contribution in [3.8, 4) is 0 Å². The van der Waals surface area contributed by atoms with Gasteiger partial charge in [-0.1, -0.05) is 0 Å². The van der Waals surface area contributed by atoms with E-state index in [0.717, 1.165) is 12.8 Å². The van der Waals surface area contributed by atoms with E-state index in [4.69, 9.17) is 4.74 Å². The van der Waals surface area contributed by atoms with Gasteiger partial charge in [0.2, 0.25) is 0 Å². The number of ether oxygens (including phenoxy) is 1. The molecule has 1 N–H and O–H groups in total. The summed E-state index contributed by atoms with van der Waals surface area (Å²) in [5, 5.41) is 3.07. The maximum Gasteiger partial charge on any atom is 0.253 e. The summed E-state index contributed by atoms with van der Waals surface area (Å²) in [6.45, 7) is 8.25. The number of pyridine rings is 1. The van der Waals surface area contributed by atoms with Crippen LogP contribution in [0.25, 0.3) is 0 Å². The van der Waals surface area contributed by atoms with Gasteiger partial charge in [-0.15, -0.1) is 0 Å². The molecule has 19 heavy (non-hydrogen) atoms. The summed E-state index contributed by atoms with van der Waals surface area (Å²) < 4.78 is 6.01. The van der Waals surface area contributed by atoms with Gasteiger partial charge in [0.05, 0.1) is 23.0 Å². The summed E-state index contributed by atoms with van der Waals surface area (Å²) in [5.41, 5.74) is 0.131. The van der Waals surface area contributed by atoms with Crippen molar-refractivity contribution < 1.29 is 9.53 Å². The number of hydrogen-bond acceptors (Lipinski definition) is 3. The summed E-state index contributed by atoms with van der Waals surface area (Å²) in [4.78, 5) is 16.0. The van der Waals surface area contributed by atoms with Crippen molar-refractivity contribution in [3.63, 3.8) is 0 Å². The minimum atomic E-state index is -0.220. The first-order valence-electron chi connectivity index (χ1n) is 6.61. The minimum Gasteiger partial charge on any atom is -0.370 e. The Morgan fingerprint density at radius 1 is 1.37 bits per heavy atom. The van der Waals surface area contributed by atoms with E-state index in [1.165, 1.54) is 6.20 Å². The van der Waals surface area contributed by atoms with Crippen molar-refractivity contribution in [2.24, 2.45) is 0 Å². The number of nitrogens with one attached hydrogen (secondary N) is 1. The molecule has 1 amide bonds. The van der Waals surface area contributed by atoms with Crippen LogP contribution in [0.15, 0.2) is 18.3 Å². The van der Waals surface area contributed by atoms with Crippen molar-refractivity contribution >= 4 is 5.91 Å². The normalized spacial score (nSPS) is 21.9. The number of aromatic nitrogens is 1. The molecule has 4 nitrogen and oxygen atoms in total. The number of hydrogen-bond donors (Lipinski definition) is 1. The molecule has 0 aromatic carbocycles. The lowest BCUT2D eigenvalue weighted by Crippen LogP contribution is -2.53. The van der Waals surface area contributed by atoms with Gasteiger partial charge in [-0.3, -0.25) is 9.78 Å². The zero-order valence-corrected chi connectivity index (χ0v) is 12.0. The smallest absolute Gasteiger partial charge is 0.253 e. The van der Waals surface area contributed by atoms with E-state index in [9.17, 15) is 4.79 Å². The third-order valence-corrected chi connectivity index (χ3v) is 3.24. The molecule has 0 atom stereocenters. The van der Waals surface area contributed by atoms with Crippen molar-refractivity contribution in [1.29, 1.82) is 0 Å². The van der Waals surface area contributed by atoms with Crippen LogP contribution in [0.4, 0.5) is 0 Å². The van der Waals surface area contributed by atoms with E-state index < -0.39 is 0 Å². The van der Waals surface area contributed by atoms with Gasteiger partial charge in [-0.05, 0) is 52.7 Å². The highest BCUT2D eigenvalue weighted by Gasteiger charge is 2.39. The third-order valence-electron chi connectivity index (χ3n) is 3.24. The first-order valence-corrected chi connectivity index (χ1v) is 6.61. The molecule has 1 saturated heterocycles. The lowest BCUT2D eigenvalue weighted by molar-refractivity contribution is -0.162. The molecule has 4 heteroatoms. The van der Waals surface area contributed by atoms with Gasteiger partial charge in [0.15, 0.2) is 0 Å². The Bertz CT molecular complexity index is 438. The summed E-state index contributed by atoms with van der Waals surface area (Å²) in [5.74, 6) is -0.0833. The molecule has 1 aliphatic rings. The topological polar surface area (TPSA) is 51.2 Å². The number of amides is 1. The van der Waals surface area contributed by atoms with Gasteiger partial charge in [0.1, 0.15) is 0 Å². The SMILES string of the molecule is CC1(C)CC(NC(=O)c2cc[c]nc2)CC(C)(C)O1. The predicted molar refractivity (Wildman–Crippen MR) is 72.8 cm³/mol.